The predicted octanol–water partition coefficient (Wildman–Crippen LogP) is 3.28. The highest BCUT2D eigenvalue weighted by atomic mass is 16.6. The Hall–Kier alpha value is -2.70. The summed E-state index contributed by atoms with van der Waals surface area (Å²) in [4.78, 5) is 15.7. The van der Waals surface area contributed by atoms with Gasteiger partial charge in [0.15, 0.2) is 5.76 Å². The first-order chi connectivity index (χ1) is 10.3. The summed E-state index contributed by atoms with van der Waals surface area (Å²) < 4.78 is 15.8. The van der Waals surface area contributed by atoms with Crippen molar-refractivity contribution >= 4 is 17.8 Å². The molecule has 1 heterocycles. The first-order valence-corrected chi connectivity index (χ1v) is 6.68. The van der Waals surface area contributed by atoms with Gasteiger partial charge in [-0.25, -0.2) is 9.78 Å². The number of nitrogens with one attached hydrogen (secondary N) is 1. The Morgan fingerprint density at radius 2 is 2.09 bits per heavy atom. The number of amides is 1. The van der Waals surface area contributed by atoms with E-state index in [0.717, 1.165) is 0 Å². The van der Waals surface area contributed by atoms with Crippen LogP contribution >= 0.6 is 0 Å². The number of carbonyl (C=O) groups excluding carboxylic acids is 1. The fraction of sp³-hybridized carbons (Fsp3) is 0.333. The highest BCUT2D eigenvalue weighted by molar-refractivity contribution is 5.86. The molecule has 1 aromatic carbocycles. The summed E-state index contributed by atoms with van der Waals surface area (Å²) in [6.07, 6.45) is 0.950. The van der Waals surface area contributed by atoms with Crippen molar-refractivity contribution in [1.29, 1.82) is 0 Å². The van der Waals surface area contributed by atoms with Crippen LogP contribution in [0.5, 0.6) is 5.75 Å². The van der Waals surface area contributed by atoms with E-state index in [2.05, 4.69) is 10.3 Å². The Morgan fingerprint density at radius 1 is 1.36 bits per heavy atom. The topological polar surface area (TPSA) is 99.6 Å². The number of nitrogens with zero attached hydrogens (tertiary/aromatic N) is 1. The first-order valence-electron chi connectivity index (χ1n) is 6.68. The minimum atomic E-state index is -0.571. The molecule has 0 aliphatic heterocycles. The molecule has 0 spiro atoms. The van der Waals surface area contributed by atoms with Crippen LogP contribution < -0.4 is 15.8 Å². The normalized spacial score (nSPS) is 11.1. The highest BCUT2D eigenvalue weighted by Crippen LogP contribution is 2.33. The lowest BCUT2D eigenvalue weighted by atomic mass is 10.1. The second-order valence-corrected chi connectivity index (χ2v) is 5.60. The maximum atomic E-state index is 11.8. The fourth-order valence-corrected chi connectivity index (χ4v) is 1.81. The fourth-order valence-electron chi connectivity index (χ4n) is 1.81. The standard InChI is InChI=1S/C15H19N3O4/c1-15(2,3)22-14(19)18-9-5-6-11(20-4)10(7-9)12-8-17-13(16)21-12/h5-8H,1-4H3,(H2,16,17)(H,18,19). The number of nitrogens with two attached hydrogens (primary N) is 1. The van der Waals surface area contributed by atoms with Crippen molar-refractivity contribution in [3.05, 3.63) is 24.4 Å². The number of benzene rings is 1. The molecule has 7 nitrogen and oxygen atoms in total. The van der Waals surface area contributed by atoms with Gasteiger partial charge in [-0.3, -0.25) is 5.32 Å². The van der Waals surface area contributed by atoms with Crippen LogP contribution in [0.15, 0.2) is 28.8 Å². The van der Waals surface area contributed by atoms with Gasteiger partial charge in [-0.15, -0.1) is 0 Å². The molecule has 0 saturated carbocycles. The number of oxazole rings is 1. The molecule has 0 aliphatic carbocycles. The smallest absolute Gasteiger partial charge is 0.412 e. The van der Waals surface area contributed by atoms with Gasteiger partial charge in [-0.2, -0.15) is 0 Å². The van der Waals surface area contributed by atoms with E-state index >= 15 is 0 Å². The monoisotopic (exact) mass is 305 g/mol. The molecular formula is C15H19N3O4. The Labute approximate surface area is 128 Å². The molecule has 22 heavy (non-hydrogen) atoms. The number of carbonyl (C=O) groups is 1. The van der Waals surface area contributed by atoms with Crippen LogP contribution in [-0.4, -0.2) is 23.8 Å². The summed E-state index contributed by atoms with van der Waals surface area (Å²) in [7, 11) is 1.54. The van der Waals surface area contributed by atoms with Gasteiger partial charge in [0.2, 0.25) is 0 Å². The number of ether oxygens (including phenoxy) is 2. The molecule has 0 aliphatic rings. The Bertz CT molecular complexity index is 674. The average molecular weight is 305 g/mol. The molecule has 0 bridgehead atoms. The zero-order valence-corrected chi connectivity index (χ0v) is 13.0. The largest absolute Gasteiger partial charge is 0.496 e. The van der Waals surface area contributed by atoms with Crippen molar-refractivity contribution < 1.29 is 18.7 Å². The summed E-state index contributed by atoms with van der Waals surface area (Å²) in [6, 6.07) is 5.16. The quantitative estimate of drug-likeness (QED) is 0.902. The van der Waals surface area contributed by atoms with Crippen molar-refractivity contribution in [1.82, 2.24) is 4.98 Å². The molecular weight excluding hydrogens is 286 g/mol. The molecule has 2 rings (SSSR count). The van der Waals surface area contributed by atoms with Crippen LogP contribution in [0.3, 0.4) is 0 Å². The molecule has 0 radical (unpaired) electrons. The molecule has 0 unspecified atom stereocenters. The molecule has 0 saturated heterocycles. The van der Waals surface area contributed by atoms with Gasteiger partial charge in [-0.1, -0.05) is 0 Å². The third-order valence-corrected chi connectivity index (χ3v) is 2.63. The van der Waals surface area contributed by atoms with E-state index in [0.29, 0.717) is 22.8 Å². The first kappa shape index (κ1) is 15.7. The Kier molecular flexibility index (Phi) is 4.25. The van der Waals surface area contributed by atoms with Crippen molar-refractivity contribution in [2.24, 2.45) is 0 Å². The Morgan fingerprint density at radius 3 is 2.64 bits per heavy atom. The van der Waals surface area contributed by atoms with E-state index < -0.39 is 11.7 Å². The molecule has 0 fully saturated rings. The van der Waals surface area contributed by atoms with E-state index in [1.807, 2.05) is 0 Å². The minimum Gasteiger partial charge on any atom is -0.496 e. The summed E-state index contributed by atoms with van der Waals surface area (Å²) in [5.74, 6) is 1.02. The van der Waals surface area contributed by atoms with Crippen LogP contribution in [0.25, 0.3) is 11.3 Å². The van der Waals surface area contributed by atoms with Crippen LogP contribution in [-0.2, 0) is 4.74 Å². The lowest BCUT2D eigenvalue weighted by Crippen LogP contribution is -2.27. The molecule has 1 amide bonds. The summed E-state index contributed by atoms with van der Waals surface area (Å²) in [6.45, 7) is 5.38. The maximum absolute atomic E-state index is 11.8. The molecule has 7 heteroatoms. The van der Waals surface area contributed by atoms with E-state index in [1.54, 1.807) is 46.1 Å². The molecule has 118 valence electrons. The van der Waals surface area contributed by atoms with Crippen molar-refractivity contribution in [3.8, 4) is 17.1 Å². The number of hydrogen-bond donors (Lipinski definition) is 2. The van der Waals surface area contributed by atoms with Crippen molar-refractivity contribution in [2.45, 2.75) is 26.4 Å². The number of anilines is 2. The van der Waals surface area contributed by atoms with Gasteiger partial charge < -0.3 is 19.6 Å². The summed E-state index contributed by atoms with van der Waals surface area (Å²) in [5, 5.41) is 2.66. The molecule has 1 aromatic heterocycles. The van der Waals surface area contributed by atoms with Crippen molar-refractivity contribution in [2.75, 3.05) is 18.2 Å². The average Bonchev–Trinajstić information content (AvgIpc) is 2.83. The van der Waals surface area contributed by atoms with Gasteiger partial charge in [0, 0.05) is 5.69 Å². The predicted molar refractivity (Wildman–Crippen MR) is 82.8 cm³/mol. The van der Waals surface area contributed by atoms with Crippen LogP contribution in [0.4, 0.5) is 16.5 Å². The van der Waals surface area contributed by atoms with Crippen LogP contribution in [0.2, 0.25) is 0 Å². The minimum absolute atomic E-state index is 0.0579. The number of rotatable bonds is 3. The van der Waals surface area contributed by atoms with Gasteiger partial charge >= 0.3 is 6.09 Å². The van der Waals surface area contributed by atoms with Gasteiger partial charge in [-0.05, 0) is 39.0 Å². The van der Waals surface area contributed by atoms with Gasteiger partial charge in [0.1, 0.15) is 11.4 Å². The van der Waals surface area contributed by atoms with Crippen LogP contribution in [0, 0.1) is 0 Å². The molecule has 0 atom stereocenters. The SMILES string of the molecule is COc1ccc(NC(=O)OC(C)(C)C)cc1-c1cnc(N)o1. The third-order valence-electron chi connectivity index (χ3n) is 2.63. The van der Waals surface area contributed by atoms with E-state index in [1.165, 1.54) is 6.20 Å². The summed E-state index contributed by atoms with van der Waals surface area (Å²) >= 11 is 0. The molecule has 3 N–H and O–H groups in total. The van der Waals surface area contributed by atoms with Crippen LogP contribution in [0.1, 0.15) is 20.8 Å². The zero-order valence-electron chi connectivity index (χ0n) is 13.0. The second-order valence-electron chi connectivity index (χ2n) is 5.60. The van der Waals surface area contributed by atoms with E-state index in [4.69, 9.17) is 19.6 Å². The summed E-state index contributed by atoms with van der Waals surface area (Å²) in [5.41, 5.74) is 6.08. The lowest BCUT2D eigenvalue weighted by molar-refractivity contribution is 0.0636. The number of hydrogen-bond acceptors (Lipinski definition) is 6. The second kappa shape index (κ2) is 5.97. The number of aromatic nitrogens is 1. The van der Waals surface area contributed by atoms with Crippen molar-refractivity contribution in [3.63, 3.8) is 0 Å². The maximum Gasteiger partial charge on any atom is 0.412 e. The highest BCUT2D eigenvalue weighted by Gasteiger charge is 2.17. The third kappa shape index (κ3) is 3.91. The zero-order chi connectivity index (χ0) is 16.3. The number of methoxy groups -OCH3 is 1. The van der Waals surface area contributed by atoms with Gasteiger partial charge in [0.25, 0.3) is 6.01 Å². The van der Waals surface area contributed by atoms with Gasteiger partial charge in [0.05, 0.1) is 18.9 Å². The number of nitrogen functional groups attached to an aromatic ring is 1. The van der Waals surface area contributed by atoms with E-state index in [9.17, 15) is 4.79 Å². The molecule has 2 aromatic rings. The Balaban J connectivity index is 2.26. The van der Waals surface area contributed by atoms with E-state index in [-0.39, 0.29) is 6.01 Å². The lowest BCUT2D eigenvalue weighted by Gasteiger charge is -2.20.